The minimum atomic E-state index is -0.257. The van der Waals surface area contributed by atoms with Crippen LogP contribution in [0.25, 0.3) is 10.8 Å². The van der Waals surface area contributed by atoms with Crippen molar-refractivity contribution in [3.8, 4) is 5.75 Å². The quantitative estimate of drug-likeness (QED) is 0.630. The number of carbonyl (C=O) groups is 1. The number of amides is 1. The molecule has 7 heteroatoms. The van der Waals surface area contributed by atoms with Gasteiger partial charge in [0.05, 0.1) is 4.47 Å². The highest BCUT2D eigenvalue weighted by Crippen LogP contribution is 2.33. The number of aromatic nitrogens is 2. The number of hydrogen-bond acceptors (Lipinski definition) is 5. The maximum absolute atomic E-state index is 12.1. The summed E-state index contributed by atoms with van der Waals surface area (Å²) in [6, 6.07) is 11.8. The highest BCUT2D eigenvalue weighted by molar-refractivity contribution is 9.10. The van der Waals surface area contributed by atoms with E-state index in [1.807, 2.05) is 36.4 Å². The molecule has 0 aliphatic carbocycles. The summed E-state index contributed by atoms with van der Waals surface area (Å²) in [4.78, 5) is 12.1. The third kappa shape index (κ3) is 4.55. The Balaban J connectivity index is 1.61. The molecule has 0 aliphatic rings. The van der Waals surface area contributed by atoms with Gasteiger partial charge in [-0.3, -0.25) is 10.1 Å². The molecule has 2 aromatic carbocycles. The highest BCUT2D eigenvalue weighted by Gasteiger charge is 2.12. The Bertz CT molecular complexity index is 895. The van der Waals surface area contributed by atoms with E-state index in [9.17, 15) is 4.79 Å². The Morgan fingerprint density at radius 3 is 2.84 bits per heavy atom. The Morgan fingerprint density at radius 2 is 2.04 bits per heavy atom. The van der Waals surface area contributed by atoms with Gasteiger partial charge in [0, 0.05) is 6.42 Å². The zero-order valence-electron chi connectivity index (χ0n) is 14.0. The third-order valence-electron chi connectivity index (χ3n) is 3.48. The van der Waals surface area contributed by atoms with Gasteiger partial charge in [0.15, 0.2) is 6.61 Å². The second-order valence-electron chi connectivity index (χ2n) is 6.03. The van der Waals surface area contributed by atoms with Crippen LogP contribution in [0.15, 0.2) is 40.9 Å². The molecule has 130 valence electrons. The summed E-state index contributed by atoms with van der Waals surface area (Å²) in [5.74, 6) is 0.879. The summed E-state index contributed by atoms with van der Waals surface area (Å²) in [7, 11) is 0. The number of nitrogens with one attached hydrogen (secondary N) is 1. The van der Waals surface area contributed by atoms with Crippen molar-refractivity contribution >= 4 is 49.1 Å². The number of nitrogens with zero attached hydrogens (tertiary/aromatic N) is 2. The number of fused-ring (bicyclic) bond motifs is 1. The van der Waals surface area contributed by atoms with E-state index in [1.165, 1.54) is 11.3 Å². The normalized spacial score (nSPS) is 11.0. The molecule has 5 nitrogen and oxygen atoms in total. The van der Waals surface area contributed by atoms with Crippen molar-refractivity contribution < 1.29 is 9.53 Å². The molecule has 0 unspecified atom stereocenters. The van der Waals surface area contributed by atoms with Crippen LogP contribution in [0.4, 0.5) is 5.13 Å². The summed E-state index contributed by atoms with van der Waals surface area (Å²) >= 11 is 4.95. The van der Waals surface area contributed by atoms with E-state index in [0.29, 0.717) is 16.8 Å². The van der Waals surface area contributed by atoms with Crippen LogP contribution in [0.2, 0.25) is 0 Å². The number of hydrogen-bond donors (Lipinski definition) is 1. The van der Waals surface area contributed by atoms with Crippen LogP contribution in [0, 0.1) is 5.92 Å². The van der Waals surface area contributed by atoms with E-state index < -0.39 is 0 Å². The van der Waals surface area contributed by atoms with Crippen molar-refractivity contribution in [1.29, 1.82) is 0 Å². The van der Waals surface area contributed by atoms with Gasteiger partial charge in [0.1, 0.15) is 10.8 Å². The molecule has 1 N–H and O–H groups in total. The van der Waals surface area contributed by atoms with E-state index in [2.05, 4.69) is 45.3 Å². The number of benzene rings is 2. The number of anilines is 1. The SMILES string of the molecule is CC(C)Cc1nnc(NC(=O)COc2ccc3ccccc3c2Br)s1. The van der Waals surface area contributed by atoms with Crippen molar-refractivity contribution in [2.24, 2.45) is 5.92 Å². The van der Waals surface area contributed by atoms with Gasteiger partial charge in [0.25, 0.3) is 5.91 Å². The van der Waals surface area contributed by atoms with Gasteiger partial charge < -0.3 is 4.74 Å². The highest BCUT2D eigenvalue weighted by atomic mass is 79.9. The first-order valence-electron chi connectivity index (χ1n) is 7.95. The van der Waals surface area contributed by atoms with Gasteiger partial charge >= 0.3 is 0 Å². The van der Waals surface area contributed by atoms with Crippen molar-refractivity contribution in [2.45, 2.75) is 20.3 Å². The van der Waals surface area contributed by atoms with Crippen molar-refractivity contribution in [3.05, 3.63) is 45.9 Å². The van der Waals surface area contributed by atoms with Gasteiger partial charge in [-0.25, -0.2) is 0 Å². The monoisotopic (exact) mass is 419 g/mol. The number of halogens is 1. The molecule has 1 aromatic heterocycles. The topological polar surface area (TPSA) is 64.1 Å². The zero-order valence-corrected chi connectivity index (χ0v) is 16.4. The molecular weight excluding hydrogens is 402 g/mol. The lowest BCUT2D eigenvalue weighted by molar-refractivity contribution is -0.118. The molecule has 0 radical (unpaired) electrons. The molecule has 0 saturated heterocycles. The Morgan fingerprint density at radius 1 is 1.24 bits per heavy atom. The largest absolute Gasteiger partial charge is 0.483 e. The average Bonchev–Trinajstić information content (AvgIpc) is 3.00. The molecule has 0 bridgehead atoms. The molecular formula is C18H18BrN3O2S. The molecule has 1 heterocycles. The van der Waals surface area contributed by atoms with Crippen LogP contribution in [0.5, 0.6) is 5.75 Å². The first-order valence-corrected chi connectivity index (χ1v) is 9.56. The second kappa shape index (κ2) is 7.93. The maximum atomic E-state index is 12.1. The average molecular weight is 420 g/mol. The Hall–Kier alpha value is -1.99. The minimum Gasteiger partial charge on any atom is -0.483 e. The maximum Gasteiger partial charge on any atom is 0.264 e. The number of rotatable bonds is 6. The molecule has 3 rings (SSSR count). The fourth-order valence-corrected chi connectivity index (χ4v) is 3.94. The van der Waals surface area contributed by atoms with E-state index in [0.717, 1.165) is 26.7 Å². The molecule has 3 aromatic rings. The van der Waals surface area contributed by atoms with Crippen LogP contribution in [-0.2, 0) is 11.2 Å². The molecule has 0 saturated carbocycles. The third-order valence-corrected chi connectivity index (χ3v) is 5.16. The first-order chi connectivity index (χ1) is 12.0. The van der Waals surface area contributed by atoms with Gasteiger partial charge in [-0.05, 0) is 38.7 Å². The first kappa shape index (κ1) is 17.8. The van der Waals surface area contributed by atoms with Gasteiger partial charge in [-0.2, -0.15) is 0 Å². The Kier molecular flexibility index (Phi) is 5.65. The number of carbonyl (C=O) groups excluding carboxylic acids is 1. The number of ether oxygens (including phenoxy) is 1. The predicted octanol–water partition coefficient (Wildman–Crippen LogP) is 4.67. The minimum absolute atomic E-state index is 0.0873. The zero-order chi connectivity index (χ0) is 17.8. The smallest absolute Gasteiger partial charge is 0.264 e. The summed E-state index contributed by atoms with van der Waals surface area (Å²) < 4.78 is 6.49. The van der Waals surface area contributed by atoms with Crippen LogP contribution in [-0.4, -0.2) is 22.7 Å². The van der Waals surface area contributed by atoms with E-state index in [-0.39, 0.29) is 12.5 Å². The van der Waals surface area contributed by atoms with Crippen molar-refractivity contribution in [1.82, 2.24) is 10.2 Å². The second-order valence-corrected chi connectivity index (χ2v) is 7.89. The van der Waals surface area contributed by atoms with Crippen LogP contribution in [0.1, 0.15) is 18.9 Å². The van der Waals surface area contributed by atoms with Crippen molar-refractivity contribution in [2.75, 3.05) is 11.9 Å². The van der Waals surface area contributed by atoms with E-state index in [4.69, 9.17) is 4.74 Å². The standard InChI is InChI=1S/C18H18BrN3O2S/c1-11(2)9-16-21-22-18(25-16)20-15(23)10-24-14-8-7-12-5-3-4-6-13(12)17(14)19/h3-8,11H,9-10H2,1-2H3,(H,20,22,23). The lowest BCUT2D eigenvalue weighted by Gasteiger charge is -2.09. The lowest BCUT2D eigenvalue weighted by atomic mass is 10.1. The lowest BCUT2D eigenvalue weighted by Crippen LogP contribution is -2.20. The predicted molar refractivity (Wildman–Crippen MR) is 104 cm³/mol. The molecule has 0 spiro atoms. The molecule has 0 fully saturated rings. The summed E-state index contributed by atoms with van der Waals surface area (Å²) in [6.45, 7) is 4.15. The fraction of sp³-hybridized carbons (Fsp3) is 0.278. The van der Waals surface area contributed by atoms with Gasteiger partial charge in [-0.15, -0.1) is 10.2 Å². The summed E-state index contributed by atoms with van der Waals surface area (Å²) in [5, 5.41) is 14.4. The van der Waals surface area contributed by atoms with Crippen molar-refractivity contribution in [3.63, 3.8) is 0 Å². The van der Waals surface area contributed by atoms with Crippen LogP contribution < -0.4 is 10.1 Å². The van der Waals surface area contributed by atoms with E-state index in [1.54, 1.807) is 0 Å². The summed E-state index contributed by atoms with van der Waals surface area (Å²) in [6.07, 6.45) is 0.855. The molecule has 1 amide bonds. The van der Waals surface area contributed by atoms with Crippen LogP contribution in [0.3, 0.4) is 0 Å². The summed E-state index contributed by atoms with van der Waals surface area (Å²) in [5.41, 5.74) is 0. The fourth-order valence-electron chi connectivity index (χ4n) is 2.36. The van der Waals surface area contributed by atoms with Crippen LogP contribution >= 0.6 is 27.3 Å². The molecule has 0 aliphatic heterocycles. The van der Waals surface area contributed by atoms with E-state index >= 15 is 0 Å². The molecule has 25 heavy (non-hydrogen) atoms. The molecule has 0 atom stereocenters. The van der Waals surface area contributed by atoms with Gasteiger partial charge in [0.2, 0.25) is 5.13 Å². The Labute approximate surface area is 158 Å². The van der Waals surface area contributed by atoms with Gasteiger partial charge in [-0.1, -0.05) is 55.5 Å².